The Morgan fingerprint density at radius 3 is 2.50 bits per heavy atom. The Bertz CT molecular complexity index is 776. The molecule has 0 radical (unpaired) electrons. The number of nitrogens with zero attached hydrogens (tertiary/aromatic N) is 1. The first-order valence-electron chi connectivity index (χ1n) is 7.08. The molecule has 7 heteroatoms. The lowest BCUT2D eigenvalue weighted by molar-refractivity contribution is -0.120. The van der Waals surface area contributed by atoms with Gasteiger partial charge in [-0.2, -0.15) is 5.10 Å². The maximum absolute atomic E-state index is 11.9. The summed E-state index contributed by atoms with van der Waals surface area (Å²) in [4.78, 5) is 23.7. The number of hydrogen-bond donors (Lipinski definition) is 2. The molecular weight excluding hydrogens is 394 g/mol. The number of carbonyl (C=O) groups is 2. The van der Waals surface area contributed by atoms with Gasteiger partial charge in [-0.05, 0) is 48.9 Å². The summed E-state index contributed by atoms with van der Waals surface area (Å²) in [5, 5.41) is 7.09. The Morgan fingerprint density at radius 1 is 1.12 bits per heavy atom. The van der Waals surface area contributed by atoms with Crippen molar-refractivity contribution in [2.45, 2.75) is 6.92 Å². The number of hydrogen-bond acceptors (Lipinski definition) is 3. The van der Waals surface area contributed by atoms with Crippen LogP contribution in [0.5, 0.6) is 0 Å². The molecule has 2 aromatic carbocycles. The molecule has 0 saturated heterocycles. The SMILES string of the molecule is C/C(=N/NC(=O)CNC(=O)c1ccc(Cl)cc1)c1cccc(Br)c1. The van der Waals surface area contributed by atoms with Crippen LogP contribution in [0.25, 0.3) is 0 Å². The van der Waals surface area contributed by atoms with E-state index in [4.69, 9.17) is 11.6 Å². The summed E-state index contributed by atoms with van der Waals surface area (Å²) in [5.74, 6) is -0.763. The monoisotopic (exact) mass is 407 g/mol. The first kappa shape index (κ1) is 18.2. The van der Waals surface area contributed by atoms with Crippen LogP contribution in [0.1, 0.15) is 22.8 Å². The van der Waals surface area contributed by atoms with Gasteiger partial charge in [0.2, 0.25) is 0 Å². The average molecular weight is 409 g/mol. The zero-order valence-electron chi connectivity index (χ0n) is 12.8. The molecule has 0 aliphatic heterocycles. The Hall–Kier alpha value is -2.18. The Labute approximate surface area is 153 Å². The van der Waals surface area contributed by atoms with Crippen LogP contribution in [0.3, 0.4) is 0 Å². The van der Waals surface area contributed by atoms with Crippen molar-refractivity contribution in [3.8, 4) is 0 Å². The number of rotatable bonds is 5. The van der Waals surface area contributed by atoms with E-state index in [1.165, 1.54) is 0 Å². The fourth-order valence-corrected chi connectivity index (χ4v) is 2.35. The van der Waals surface area contributed by atoms with E-state index in [-0.39, 0.29) is 12.5 Å². The molecule has 0 atom stereocenters. The first-order chi connectivity index (χ1) is 11.5. The van der Waals surface area contributed by atoms with Crippen molar-refractivity contribution >= 4 is 45.1 Å². The molecule has 0 bridgehead atoms. The largest absolute Gasteiger partial charge is 0.343 e. The summed E-state index contributed by atoms with van der Waals surface area (Å²) in [7, 11) is 0. The van der Waals surface area contributed by atoms with Gasteiger partial charge in [-0.3, -0.25) is 9.59 Å². The Kier molecular flexibility index (Phi) is 6.52. The van der Waals surface area contributed by atoms with Crippen LogP contribution in [0.15, 0.2) is 58.1 Å². The molecule has 2 rings (SSSR count). The lowest BCUT2D eigenvalue weighted by Crippen LogP contribution is -2.35. The van der Waals surface area contributed by atoms with E-state index in [9.17, 15) is 9.59 Å². The maximum atomic E-state index is 11.9. The van der Waals surface area contributed by atoms with Crippen molar-refractivity contribution < 1.29 is 9.59 Å². The third-order valence-corrected chi connectivity index (χ3v) is 3.85. The Morgan fingerprint density at radius 2 is 1.83 bits per heavy atom. The van der Waals surface area contributed by atoms with E-state index in [1.54, 1.807) is 31.2 Å². The van der Waals surface area contributed by atoms with Gasteiger partial charge in [-0.15, -0.1) is 0 Å². The fourth-order valence-electron chi connectivity index (χ4n) is 1.83. The van der Waals surface area contributed by atoms with Crippen LogP contribution in [-0.4, -0.2) is 24.1 Å². The van der Waals surface area contributed by atoms with Crippen molar-refractivity contribution in [2.24, 2.45) is 5.10 Å². The van der Waals surface area contributed by atoms with Gasteiger partial charge in [0.25, 0.3) is 11.8 Å². The maximum Gasteiger partial charge on any atom is 0.259 e. The third-order valence-electron chi connectivity index (χ3n) is 3.11. The highest BCUT2D eigenvalue weighted by Crippen LogP contribution is 2.12. The molecule has 124 valence electrons. The second kappa shape index (κ2) is 8.61. The molecule has 0 aliphatic carbocycles. The van der Waals surface area contributed by atoms with E-state index in [0.717, 1.165) is 10.0 Å². The summed E-state index contributed by atoms with van der Waals surface area (Å²) in [6, 6.07) is 14.0. The van der Waals surface area contributed by atoms with Crippen LogP contribution in [-0.2, 0) is 4.79 Å². The highest BCUT2D eigenvalue weighted by molar-refractivity contribution is 9.10. The number of hydrazone groups is 1. The van der Waals surface area contributed by atoms with Gasteiger partial charge >= 0.3 is 0 Å². The van der Waals surface area contributed by atoms with Crippen LogP contribution in [0.2, 0.25) is 5.02 Å². The second-order valence-electron chi connectivity index (χ2n) is 4.93. The van der Waals surface area contributed by atoms with E-state index in [0.29, 0.717) is 16.3 Å². The third kappa shape index (κ3) is 5.47. The quantitative estimate of drug-likeness (QED) is 0.588. The molecule has 0 fully saturated rings. The Balaban J connectivity index is 1.86. The summed E-state index contributed by atoms with van der Waals surface area (Å²) < 4.78 is 0.927. The number of nitrogens with one attached hydrogen (secondary N) is 2. The average Bonchev–Trinajstić information content (AvgIpc) is 2.58. The molecule has 2 N–H and O–H groups in total. The molecule has 5 nitrogen and oxygen atoms in total. The second-order valence-corrected chi connectivity index (χ2v) is 6.28. The van der Waals surface area contributed by atoms with Gasteiger partial charge in [0.15, 0.2) is 0 Å². The van der Waals surface area contributed by atoms with Crippen LogP contribution < -0.4 is 10.7 Å². The van der Waals surface area contributed by atoms with Crippen molar-refractivity contribution in [3.05, 3.63) is 69.2 Å². The zero-order valence-corrected chi connectivity index (χ0v) is 15.2. The van der Waals surface area contributed by atoms with Gasteiger partial charge in [0, 0.05) is 15.1 Å². The minimum Gasteiger partial charge on any atom is -0.343 e. The zero-order chi connectivity index (χ0) is 17.5. The summed E-state index contributed by atoms with van der Waals surface area (Å²) >= 11 is 9.14. The number of halogens is 2. The fraction of sp³-hybridized carbons (Fsp3) is 0.118. The van der Waals surface area contributed by atoms with Gasteiger partial charge in [0.1, 0.15) is 0 Å². The predicted octanol–water partition coefficient (Wildman–Crippen LogP) is 3.37. The van der Waals surface area contributed by atoms with Crippen molar-refractivity contribution in [2.75, 3.05) is 6.54 Å². The van der Waals surface area contributed by atoms with E-state index >= 15 is 0 Å². The smallest absolute Gasteiger partial charge is 0.259 e. The predicted molar refractivity (Wildman–Crippen MR) is 98.3 cm³/mol. The highest BCUT2D eigenvalue weighted by atomic mass is 79.9. The van der Waals surface area contributed by atoms with E-state index < -0.39 is 5.91 Å². The lowest BCUT2D eigenvalue weighted by Gasteiger charge is -2.06. The summed E-state index contributed by atoms with van der Waals surface area (Å²) in [6.45, 7) is 1.62. The molecule has 2 amide bonds. The molecule has 0 saturated carbocycles. The number of carbonyl (C=O) groups excluding carboxylic acids is 2. The standard InChI is InChI=1S/C17H15BrClN3O2/c1-11(13-3-2-4-14(18)9-13)21-22-16(23)10-20-17(24)12-5-7-15(19)8-6-12/h2-9H,10H2,1H3,(H,20,24)(H,22,23)/b21-11-. The van der Waals surface area contributed by atoms with Crippen molar-refractivity contribution in [1.82, 2.24) is 10.7 Å². The van der Waals surface area contributed by atoms with Crippen LogP contribution in [0.4, 0.5) is 0 Å². The molecule has 24 heavy (non-hydrogen) atoms. The van der Waals surface area contributed by atoms with E-state index in [1.807, 2.05) is 24.3 Å². The summed E-state index contributed by atoms with van der Waals surface area (Å²) in [6.07, 6.45) is 0. The highest BCUT2D eigenvalue weighted by Gasteiger charge is 2.07. The lowest BCUT2D eigenvalue weighted by atomic mass is 10.1. The molecule has 2 aromatic rings. The van der Waals surface area contributed by atoms with Crippen LogP contribution >= 0.6 is 27.5 Å². The number of amides is 2. The molecule has 0 spiro atoms. The topological polar surface area (TPSA) is 70.6 Å². The van der Waals surface area contributed by atoms with Crippen molar-refractivity contribution in [3.63, 3.8) is 0 Å². The van der Waals surface area contributed by atoms with Crippen molar-refractivity contribution in [1.29, 1.82) is 0 Å². The van der Waals surface area contributed by atoms with Gasteiger partial charge < -0.3 is 5.32 Å². The minimum atomic E-state index is -0.410. The first-order valence-corrected chi connectivity index (χ1v) is 8.25. The molecule has 0 aromatic heterocycles. The van der Waals surface area contributed by atoms with Gasteiger partial charge in [-0.1, -0.05) is 39.7 Å². The minimum absolute atomic E-state index is 0.170. The molecule has 0 aliphatic rings. The van der Waals surface area contributed by atoms with Gasteiger partial charge in [0.05, 0.1) is 12.3 Å². The summed E-state index contributed by atoms with van der Waals surface area (Å²) in [5.41, 5.74) is 4.39. The van der Waals surface area contributed by atoms with Crippen LogP contribution in [0, 0.1) is 0 Å². The normalized spacial score (nSPS) is 11.0. The number of benzene rings is 2. The van der Waals surface area contributed by atoms with E-state index in [2.05, 4.69) is 31.8 Å². The molecular formula is C17H15BrClN3O2. The van der Waals surface area contributed by atoms with Gasteiger partial charge in [-0.25, -0.2) is 5.43 Å². The molecule has 0 unspecified atom stereocenters. The molecule has 0 heterocycles.